The summed E-state index contributed by atoms with van der Waals surface area (Å²) >= 11 is 0. The number of amides is 1. The molecule has 1 amide bonds. The summed E-state index contributed by atoms with van der Waals surface area (Å²) in [5, 5.41) is 0. The van der Waals surface area contributed by atoms with Crippen LogP contribution >= 0.6 is 0 Å². The zero-order valence-electron chi connectivity index (χ0n) is 16.9. The minimum Gasteiger partial charge on any atom is -0.381 e. The van der Waals surface area contributed by atoms with Crippen molar-refractivity contribution in [3.05, 3.63) is 35.9 Å². The van der Waals surface area contributed by atoms with Crippen LogP contribution in [0.25, 0.3) is 0 Å². The molecule has 0 spiro atoms. The summed E-state index contributed by atoms with van der Waals surface area (Å²) in [6, 6.07) is 10.9. The second-order valence-corrected chi connectivity index (χ2v) is 8.17. The molecule has 2 saturated heterocycles. The summed E-state index contributed by atoms with van der Waals surface area (Å²) in [4.78, 5) is 17.8. The van der Waals surface area contributed by atoms with Gasteiger partial charge in [0.15, 0.2) is 0 Å². The van der Waals surface area contributed by atoms with Gasteiger partial charge in [-0.1, -0.05) is 43.2 Å². The zero-order chi connectivity index (χ0) is 18.9. The number of benzene rings is 1. The third-order valence-corrected chi connectivity index (χ3v) is 6.23. The molecular formula is C23H36N2O2. The van der Waals surface area contributed by atoms with Crippen LogP contribution in [0.3, 0.4) is 0 Å². The molecule has 2 aliphatic rings. The molecule has 2 heterocycles. The monoisotopic (exact) mass is 372 g/mol. The number of carbonyl (C=O) groups excluding carboxylic acids is 1. The molecule has 3 rings (SSSR count). The maximum Gasteiger partial charge on any atom is 0.222 e. The molecule has 0 radical (unpaired) electrons. The van der Waals surface area contributed by atoms with Crippen molar-refractivity contribution in [3.63, 3.8) is 0 Å². The van der Waals surface area contributed by atoms with E-state index in [1.165, 1.54) is 18.4 Å². The zero-order valence-corrected chi connectivity index (χ0v) is 16.9. The van der Waals surface area contributed by atoms with Crippen molar-refractivity contribution in [3.8, 4) is 0 Å². The maximum atomic E-state index is 13.0. The SMILES string of the molecule is COC1CCN(CC2CCCCCN2C(=O)CCCc2ccccc2)CC1. The Morgan fingerprint density at radius 2 is 1.81 bits per heavy atom. The highest BCUT2D eigenvalue weighted by Gasteiger charge is 2.28. The highest BCUT2D eigenvalue weighted by Crippen LogP contribution is 2.22. The highest BCUT2D eigenvalue weighted by molar-refractivity contribution is 5.76. The Kier molecular flexibility index (Phi) is 8.15. The van der Waals surface area contributed by atoms with E-state index in [2.05, 4.69) is 34.1 Å². The predicted octanol–water partition coefficient (Wildman–Crippen LogP) is 3.89. The van der Waals surface area contributed by atoms with Gasteiger partial charge in [0.1, 0.15) is 0 Å². The number of methoxy groups -OCH3 is 1. The Hall–Kier alpha value is -1.39. The number of ether oxygens (including phenoxy) is 1. The molecule has 1 aromatic carbocycles. The van der Waals surface area contributed by atoms with Gasteiger partial charge in [0.05, 0.1) is 6.10 Å². The van der Waals surface area contributed by atoms with Gasteiger partial charge < -0.3 is 14.5 Å². The number of rotatable bonds is 7. The molecule has 1 aromatic rings. The van der Waals surface area contributed by atoms with Crippen LogP contribution in [0.2, 0.25) is 0 Å². The lowest BCUT2D eigenvalue weighted by Crippen LogP contribution is -2.49. The van der Waals surface area contributed by atoms with Crippen molar-refractivity contribution in [2.75, 3.05) is 33.3 Å². The largest absolute Gasteiger partial charge is 0.381 e. The first-order valence-electron chi connectivity index (χ1n) is 10.8. The van der Waals surface area contributed by atoms with Crippen molar-refractivity contribution < 1.29 is 9.53 Å². The van der Waals surface area contributed by atoms with E-state index in [1.54, 1.807) is 0 Å². The van der Waals surface area contributed by atoms with E-state index in [1.807, 2.05) is 13.2 Å². The van der Waals surface area contributed by atoms with Crippen molar-refractivity contribution in [1.82, 2.24) is 9.80 Å². The smallest absolute Gasteiger partial charge is 0.222 e. The number of aryl methyl sites for hydroxylation is 1. The fourth-order valence-electron chi connectivity index (χ4n) is 4.55. The first-order chi connectivity index (χ1) is 13.3. The van der Waals surface area contributed by atoms with Gasteiger partial charge >= 0.3 is 0 Å². The van der Waals surface area contributed by atoms with Gasteiger partial charge in [0.25, 0.3) is 0 Å². The third kappa shape index (κ3) is 6.32. The first kappa shape index (κ1) is 20.3. The van der Waals surface area contributed by atoms with Crippen LogP contribution in [0.4, 0.5) is 0 Å². The lowest BCUT2D eigenvalue weighted by Gasteiger charge is -2.37. The molecule has 0 N–H and O–H groups in total. The molecule has 4 heteroatoms. The summed E-state index contributed by atoms with van der Waals surface area (Å²) in [6.07, 6.45) is 10.1. The summed E-state index contributed by atoms with van der Waals surface area (Å²) in [5.41, 5.74) is 1.33. The van der Waals surface area contributed by atoms with E-state index in [0.717, 1.165) is 64.7 Å². The van der Waals surface area contributed by atoms with Gasteiger partial charge in [-0.25, -0.2) is 0 Å². The third-order valence-electron chi connectivity index (χ3n) is 6.23. The van der Waals surface area contributed by atoms with Crippen LogP contribution in [-0.2, 0) is 16.0 Å². The number of carbonyl (C=O) groups is 1. The standard InChI is InChI=1S/C23H36N2O2/c1-27-22-14-17-24(18-15-22)19-21-12-6-3-7-16-25(21)23(26)13-8-11-20-9-4-2-5-10-20/h2,4-5,9-10,21-22H,3,6-8,11-19H2,1H3. The van der Waals surface area contributed by atoms with Crippen LogP contribution in [0.5, 0.6) is 0 Å². The number of likely N-dealkylation sites (tertiary alicyclic amines) is 2. The average molecular weight is 373 g/mol. The second-order valence-electron chi connectivity index (χ2n) is 8.17. The summed E-state index contributed by atoms with van der Waals surface area (Å²) in [7, 11) is 1.82. The summed E-state index contributed by atoms with van der Waals surface area (Å²) < 4.78 is 5.50. The molecular weight excluding hydrogens is 336 g/mol. The van der Waals surface area contributed by atoms with E-state index >= 15 is 0 Å². The topological polar surface area (TPSA) is 32.8 Å². The molecule has 150 valence electrons. The van der Waals surface area contributed by atoms with Crippen LogP contribution in [0.15, 0.2) is 30.3 Å². The molecule has 2 fully saturated rings. The van der Waals surface area contributed by atoms with Gasteiger partial charge in [0.2, 0.25) is 5.91 Å². The van der Waals surface area contributed by atoms with Gasteiger partial charge in [0, 0.05) is 45.8 Å². The van der Waals surface area contributed by atoms with Crippen LogP contribution in [-0.4, -0.2) is 61.1 Å². The lowest BCUT2D eigenvalue weighted by atomic mass is 10.0. The number of nitrogens with zero attached hydrogens (tertiary/aromatic N) is 2. The van der Waals surface area contributed by atoms with Crippen molar-refractivity contribution in [1.29, 1.82) is 0 Å². The summed E-state index contributed by atoms with van der Waals surface area (Å²) in [6.45, 7) is 4.19. The molecule has 0 aromatic heterocycles. The van der Waals surface area contributed by atoms with E-state index in [0.29, 0.717) is 24.5 Å². The van der Waals surface area contributed by atoms with Gasteiger partial charge in [-0.15, -0.1) is 0 Å². The van der Waals surface area contributed by atoms with Crippen LogP contribution in [0.1, 0.15) is 56.9 Å². The molecule has 0 bridgehead atoms. The van der Waals surface area contributed by atoms with Gasteiger partial charge in [-0.3, -0.25) is 4.79 Å². The molecule has 27 heavy (non-hydrogen) atoms. The van der Waals surface area contributed by atoms with E-state index in [-0.39, 0.29) is 0 Å². The fourth-order valence-corrected chi connectivity index (χ4v) is 4.55. The molecule has 4 nitrogen and oxygen atoms in total. The fraction of sp³-hybridized carbons (Fsp3) is 0.696. The van der Waals surface area contributed by atoms with E-state index in [4.69, 9.17) is 4.74 Å². The molecule has 2 aliphatic heterocycles. The Labute approximate surface area is 164 Å². The van der Waals surface area contributed by atoms with Crippen molar-refractivity contribution in [2.45, 2.75) is 69.9 Å². The van der Waals surface area contributed by atoms with E-state index < -0.39 is 0 Å². The minimum atomic E-state index is 0.365. The Bertz CT molecular complexity index is 555. The van der Waals surface area contributed by atoms with Crippen molar-refractivity contribution in [2.24, 2.45) is 0 Å². The quantitative estimate of drug-likeness (QED) is 0.728. The van der Waals surface area contributed by atoms with E-state index in [9.17, 15) is 4.79 Å². The molecule has 0 aliphatic carbocycles. The Morgan fingerprint density at radius 1 is 1.04 bits per heavy atom. The Balaban J connectivity index is 1.50. The normalized spacial score (nSPS) is 22.6. The van der Waals surface area contributed by atoms with Crippen LogP contribution < -0.4 is 0 Å². The second kappa shape index (κ2) is 10.8. The maximum absolute atomic E-state index is 13.0. The molecule has 0 saturated carbocycles. The predicted molar refractivity (Wildman–Crippen MR) is 110 cm³/mol. The molecule has 1 atom stereocenters. The van der Waals surface area contributed by atoms with Gasteiger partial charge in [-0.2, -0.15) is 0 Å². The lowest BCUT2D eigenvalue weighted by molar-refractivity contribution is -0.134. The number of hydrogen-bond acceptors (Lipinski definition) is 3. The Morgan fingerprint density at radius 3 is 2.56 bits per heavy atom. The minimum absolute atomic E-state index is 0.365. The van der Waals surface area contributed by atoms with Gasteiger partial charge in [-0.05, 0) is 44.1 Å². The van der Waals surface area contributed by atoms with Crippen molar-refractivity contribution >= 4 is 5.91 Å². The highest BCUT2D eigenvalue weighted by atomic mass is 16.5. The number of piperidine rings is 1. The molecule has 1 unspecified atom stereocenters. The summed E-state index contributed by atoms with van der Waals surface area (Å²) in [5.74, 6) is 0.365. The van der Waals surface area contributed by atoms with Crippen LogP contribution in [0, 0.1) is 0 Å². The average Bonchev–Trinajstić information content (AvgIpc) is 2.95. The first-order valence-corrected chi connectivity index (χ1v) is 10.8. The number of hydrogen-bond donors (Lipinski definition) is 0.